The van der Waals surface area contributed by atoms with Gasteiger partial charge in [-0.3, -0.25) is 9.59 Å². The molecule has 3 saturated carbocycles. The van der Waals surface area contributed by atoms with E-state index in [0.717, 1.165) is 18.4 Å². The first-order valence-electron chi connectivity index (χ1n) is 15.1. The van der Waals surface area contributed by atoms with Crippen molar-refractivity contribution in [3.63, 3.8) is 0 Å². The van der Waals surface area contributed by atoms with Crippen molar-refractivity contribution in [2.24, 2.45) is 35.0 Å². The molecule has 3 aliphatic carbocycles. The van der Waals surface area contributed by atoms with E-state index >= 15 is 0 Å². The predicted molar refractivity (Wildman–Crippen MR) is 146 cm³/mol. The number of hydrogen-bond donors (Lipinski definition) is 1. The van der Waals surface area contributed by atoms with Crippen LogP contribution < -0.4 is 0 Å². The molecule has 1 N–H and O–H groups in total. The van der Waals surface area contributed by atoms with E-state index in [1.54, 1.807) is 20.8 Å². The number of ether oxygens (including phenoxy) is 3. The summed E-state index contributed by atoms with van der Waals surface area (Å²) in [5.74, 6) is -1.63. The Kier molecular flexibility index (Phi) is 6.61. The van der Waals surface area contributed by atoms with Crippen LogP contribution in [0.1, 0.15) is 86.5 Å². The van der Waals surface area contributed by atoms with Crippen molar-refractivity contribution in [3.05, 3.63) is 23.8 Å². The van der Waals surface area contributed by atoms with Crippen molar-refractivity contribution >= 4 is 17.9 Å². The van der Waals surface area contributed by atoms with Gasteiger partial charge in [0.1, 0.15) is 35.1 Å². The second-order valence-corrected chi connectivity index (χ2v) is 14.5. The molecule has 0 aromatic rings. The summed E-state index contributed by atoms with van der Waals surface area (Å²) in [5.41, 5.74) is -1.93. The molecule has 9 heteroatoms. The van der Waals surface area contributed by atoms with Gasteiger partial charge < -0.3 is 19.3 Å². The van der Waals surface area contributed by atoms with E-state index in [-0.39, 0.29) is 54.0 Å². The highest BCUT2D eigenvalue weighted by molar-refractivity contribution is 5.88. The van der Waals surface area contributed by atoms with Crippen molar-refractivity contribution in [3.8, 4) is 0 Å². The van der Waals surface area contributed by atoms with Gasteiger partial charge in [-0.25, -0.2) is 14.6 Å². The van der Waals surface area contributed by atoms with E-state index in [4.69, 9.17) is 24.0 Å². The Bertz CT molecular complexity index is 1210. The lowest BCUT2D eigenvalue weighted by atomic mass is 9.57. The van der Waals surface area contributed by atoms with Crippen molar-refractivity contribution in [2.75, 3.05) is 0 Å². The van der Waals surface area contributed by atoms with Crippen molar-refractivity contribution in [2.45, 2.75) is 122 Å². The molecule has 226 valence electrons. The molecule has 11 atom stereocenters. The monoisotopic (exact) mass is 572 g/mol. The standard InChI is InChI=1S/C32H44O9/c1-16-8-9-22(38-28(16)35)18(3)20-10-11-30(7)21(17(20)2)14-31-15-32(36)25(40-41-31)13-26(34)39-29(5,6)27(32)23(12-24(30)31)37-19(4)33/h8,18,20-25,27,36H,2,9-15H2,1,3-7H3/t18-,20-,21+,22-,23-,24+,25-,27+,30-,31-,32+/m1/s1. The van der Waals surface area contributed by atoms with E-state index in [1.165, 1.54) is 6.92 Å². The minimum absolute atomic E-state index is 0.0696. The zero-order chi connectivity index (χ0) is 29.7. The Hall–Kier alpha value is -2.23. The average molecular weight is 573 g/mol. The highest BCUT2D eigenvalue weighted by atomic mass is 17.2. The van der Waals surface area contributed by atoms with Crippen LogP contribution >= 0.6 is 0 Å². The fraction of sp³-hybridized carbons (Fsp3) is 0.781. The van der Waals surface area contributed by atoms with Gasteiger partial charge in [0, 0.05) is 31.3 Å². The number of cyclic esters (lactones) is 2. The van der Waals surface area contributed by atoms with Gasteiger partial charge in [0.05, 0.1) is 12.3 Å². The summed E-state index contributed by atoms with van der Waals surface area (Å²) in [5, 5.41) is 12.6. The number of hydrogen-bond acceptors (Lipinski definition) is 9. The molecular weight excluding hydrogens is 528 g/mol. The third kappa shape index (κ3) is 4.24. The summed E-state index contributed by atoms with van der Waals surface area (Å²) in [6.07, 6.45) is 3.76. The fourth-order valence-electron chi connectivity index (χ4n) is 9.99. The van der Waals surface area contributed by atoms with Gasteiger partial charge in [0.25, 0.3) is 0 Å². The molecule has 2 bridgehead atoms. The van der Waals surface area contributed by atoms with Crippen molar-refractivity contribution < 1.29 is 43.5 Å². The largest absolute Gasteiger partial charge is 0.462 e. The molecule has 9 nitrogen and oxygen atoms in total. The maximum atomic E-state index is 12.8. The van der Waals surface area contributed by atoms with Crippen LogP contribution in [0, 0.1) is 35.0 Å². The fourth-order valence-corrected chi connectivity index (χ4v) is 9.99. The summed E-state index contributed by atoms with van der Waals surface area (Å²) < 4.78 is 17.7. The van der Waals surface area contributed by atoms with E-state index in [0.29, 0.717) is 24.8 Å². The normalized spacial score (nSPS) is 47.4. The molecule has 3 aliphatic heterocycles. The van der Waals surface area contributed by atoms with Crippen molar-refractivity contribution in [1.82, 2.24) is 0 Å². The maximum absolute atomic E-state index is 12.8. The molecule has 0 amide bonds. The Morgan fingerprint density at radius 3 is 2.66 bits per heavy atom. The quantitative estimate of drug-likeness (QED) is 0.228. The van der Waals surface area contributed by atoms with Crippen LogP contribution in [0.15, 0.2) is 23.8 Å². The Labute approximate surface area is 241 Å². The summed E-state index contributed by atoms with van der Waals surface area (Å²) >= 11 is 0. The van der Waals surface area contributed by atoms with Gasteiger partial charge >= 0.3 is 17.9 Å². The highest BCUT2D eigenvalue weighted by Gasteiger charge is 2.74. The van der Waals surface area contributed by atoms with E-state index < -0.39 is 46.9 Å². The number of esters is 3. The molecule has 3 heterocycles. The van der Waals surface area contributed by atoms with Crippen molar-refractivity contribution in [1.29, 1.82) is 0 Å². The molecule has 0 aromatic carbocycles. The summed E-state index contributed by atoms with van der Waals surface area (Å²) in [7, 11) is 0. The van der Waals surface area contributed by atoms with Crippen LogP contribution in [0.4, 0.5) is 0 Å². The molecule has 1 spiro atoms. The third-order valence-electron chi connectivity index (χ3n) is 11.8. The molecular formula is C32H44O9. The molecule has 2 saturated heterocycles. The van der Waals surface area contributed by atoms with Crippen LogP contribution in [-0.2, 0) is 38.4 Å². The minimum Gasteiger partial charge on any atom is -0.462 e. The van der Waals surface area contributed by atoms with Gasteiger partial charge in [0.2, 0.25) is 0 Å². The lowest BCUT2D eigenvalue weighted by molar-refractivity contribution is -0.452. The van der Waals surface area contributed by atoms with E-state index in [9.17, 15) is 19.5 Å². The number of carbonyl (C=O) groups is 3. The summed E-state index contributed by atoms with van der Waals surface area (Å²) in [6, 6.07) is 0. The SMILES string of the molecule is C=C1[C@H]([C@@H](C)[C@H]2CC=C(C)C(=O)O2)CC[C@@]2(C)[C@@H]3C[C@@H](OC(C)=O)[C@H]4C(C)(C)OC(=O)C[C@H]5OO[C@]3(C[C@@H]12)C[C@]54O. The van der Waals surface area contributed by atoms with Gasteiger partial charge in [-0.2, -0.15) is 0 Å². The first kappa shape index (κ1) is 28.9. The van der Waals surface area contributed by atoms with Crippen LogP contribution in [0.2, 0.25) is 0 Å². The molecule has 6 aliphatic rings. The van der Waals surface area contributed by atoms with E-state index in [2.05, 4.69) is 20.4 Å². The zero-order valence-electron chi connectivity index (χ0n) is 25.1. The summed E-state index contributed by atoms with van der Waals surface area (Å²) in [6.45, 7) is 15.8. The first-order chi connectivity index (χ1) is 19.1. The molecule has 0 unspecified atom stereocenters. The minimum atomic E-state index is -1.51. The van der Waals surface area contributed by atoms with Crippen LogP contribution in [0.25, 0.3) is 0 Å². The van der Waals surface area contributed by atoms with Gasteiger partial charge in [-0.15, -0.1) is 0 Å². The van der Waals surface area contributed by atoms with Crippen LogP contribution in [-0.4, -0.2) is 58.1 Å². The second kappa shape index (κ2) is 9.38. The lowest BCUT2D eigenvalue weighted by Crippen LogP contribution is -2.64. The Morgan fingerprint density at radius 1 is 1.24 bits per heavy atom. The van der Waals surface area contributed by atoms with Gasteiger partial charge in [-0.1, -0.05) is 32.1 Å². The molecule has 41 heavy (non-hydrogen) atoms. The number of fused-ring (bicyclic) bond motifs is 2. The number of carbonyl (C=O) groups excluding carboxylic acids is 3. The Morgan fingerprint density at radius 2 is 1.98 bits per heavy atom. The number of rotatable bonds is 3. The maximum Gasteiger partial charge on any atom is 0.333 e. The van der Waals surface area contributed by atoms with Gasteiger partial charge in [0.15, 0.2) is 0 Å². The third-order valence-corrected chi connectivity index (χ3v) is 11.8. The molecule has 0 radical (unpaired) electrons. The number of aliphatic hydroxyl groups is 1. The van der Waals surface area contributed by atoms with Crippen LogP contribution in [0.3, 0.4) is 0 Å². The topological polar surface area (TPSA) is 118 Å². The second-order valence-electron chi connectivity index (χ2n) is 14.5. The van der Waals surface area contributed by atoms with Crippen LogP contribution in [0.5, 0.6) is 0 Å². The average Bonchev–Trinajstić information content (AvgIpc) is 2.98. The van der Waals surface area contributed by atoms with E-state index in [1.807, 2.05) is 6.08 Å². The number of allylic oxidation sites excluding steroid dienone is 1. The molecule has 0 aromatic heterocycles. The summed E-state index contributed by atoms with van der Waals surface area (Å²) in [4.78, 5) is 49.8. The lowest BCUT2D eigenvalue weighted by Gasteiger charge is -2.51. The Balaban J connectivity index is 1.36. The molecule has 5 fully saturated rings. The highest BCUT2D eigenvalue weighted by Crippen LogP contribution is 2.70. The smallest absolute Gasteiger partial charge is 0.333 e. The zero-order valence-corrected chi connectivity index (χ0v) is 25.1. The van der Waals surface area contributed by atoms with Gasteiger partial charge in [-0.05, 0) is 69.6 Å². The first-order valence-corrected chi connectivity index (χ1v) is 15.1. The predicted octanol–water partition coefficient (Wildman–Crippen LogP) is 4.36. The molecule has 6 rings (SSSR count).